The van der Waals surface area contributed by atoms with Crippen molar-refractivity contribution in [1.82, 2.24) is 5.32 Å². The van der Waals surface area contributed by atoms with Gasteiger partial charge in [-0.2, -0.15) is 13.2 Å². The van der Waals surface area contributed by atoms with Gasteiger partial charge in [-0.25, -0.2) is 0 Å². The molecule has 6 heteroatoms. The molecule has 0 bridgehead atoms. The molecule has 1 aromatic carbocycles. The van der Waals surface area contributed by atoms with E-state index in [2.05, 4.69) is 5.32 Å². The van der Waals surface area contributed by atoms with Crippen molar-refractivity contribution in [2.24, 2.45) is 0 Å². The average molecular weight is 317 g/mol. The molecule has 1 saturated carbocycles. The lowest BCUT2D eigenvalue weighted by Crippen LogP contribution is -2.33. The fourth-order valence-electron chi connectivity index (χ4n) is 2.44. The number of halogens is 3. The molecular weight excluding hydrogens is 299 g/mol. The van der Waals surface area contributed by atoms with Crippen LogP contribution in [0.25, 0.3) is 0 Å². The average Bonchev–Trinajstić information content (AvgIpc) is 2.91. The van der Waals surface area contributed by atoms with Crippen molar-refractivity contribution >= 4 is 17.7 Å². The van der Waals surface area contributed by atoms with Crippen LogP contribution in [0, 0.1) is 0 Å². The lowest BCUT2D eigenvalue weighted by Gasteiger charge is -2.12. The Labute approximate surface area is 126 Å². The van der Waals surface area contributed by atoms with Crippen LogP contribution in [-0.2, 0) is 16.7 Å². The van der Waals surface area contributed by atoms with Gasteiger partial charge in [0, 0.05) is 11.8 Å². The normalized spacial score (nSPS) is 16.1. The summed E-state index contributed by atoms with van der Waals surface area (Å²) in [4.78, 5) is 11.7. The summed E-state index contributed by atoms with van der Waals surface area (Å²) in [5, 5.41) is 2.96. The molecule has 0 spiro atoms. The Morgan fingerprint density at radius 2 is 2.00 bits per heavy atom. The van der Waals surface area contributed by atoms with Gasteiger partial charge in [0.1, 0.15) is 0 Å². The number of amides is 1. The number of carbonyl (C=O) groups excluding carboxylic acids is 1. The minimum absolute atomic E-state index is 0.0288. The van der Waals surface area contributed by atoms with Gasteiger partial charge < -0.3 is 5.32 Å². The predicted octanol–water partition coefficient (Wildman–Crippen LogP) is 4.00. The molecule has 0 aliphatic heterocycles. The molecule has 1 aliphatic carbocycles. The summed E-state index contributed by atoms with van der Waals surface area (Å²) >= 11 is 1.34. The zero-order chi connectivity index (χ0) is 15.3. The molecule has 1 aliphatic rings. The lowest BCUT2D eigenvalue weighted by atomic mass is 10.1. The van der Waals surface area contributed by atoms with Crippen LogP contribution in [0.5, 0.6) is 0 Å². The zero-order valence-corrected chi connectivity index (χ0v) is 12.4. The molecule has 1 aromatic rings. The monoisotopic (exact) mass is 317 g/mol. The van der Waals surface area contributed by atoms with Crippen LogP contribution in [-0.4, -0.2) is 17.7 Å². The zero-order valence-electron chi connectivity index (χ0n) is 11.6. The number of hydrogen-bond acceptors (Lipinski definition) is 2. The molecule has 1 N–H and O–H groups in total. The Kier molecular flexibility index (Phi) is 5.56. The Hall–Kier alpha value is -1.17. The third-order valence-electron chi connectivity index (χ3n) is 3.48. The van der Waals surface area contributed by atoms with E-state index in [1.807, 2.05) is 0 Å². The van der Waals surface area contributed by atoms with Crippen LogP contribution >= 0.6 is 11.8 Å². The first-order chi connectivity index (χ1) is 9.95. The largest absolute Gasteiger partial charge is 0.416 e. The van der Waals surface area contributed by atoms with Crippen LogP contribution < -0.4 is 5.32 Å². The third kappa shape index (κ3) is 5.26. The maximum absolute atomic E-state index is 12.6. The maximum Gasteiger partial charge on any atom is 0.416 e. The highest BCUT2D eigenvalue weighted by Crippen LogP contribution is 2.30. The van der Waals surface area contributed by atoms with Gasteiger partial charge in [0.2, 0.25) is 5.91 Å². The number of benzene rings is 1. The molecule has 0 unspecified atom stereocenters. The second-order valence-corrected chi connectivity index (χ2v) is 6.23. The lowest BCUT2D eigenvalue weighted by molar-refractivity contribution is -0.137. The second-order valence-electron chi connectivity index (χ2n) is 5.24. The van der Waals surface area contributed by atoms with Crippen molar-refractivity contribution in [2.45, 2.75) is 43.7 Å². The number of carbonyl (C=O) groups is 1. The molecule has 2 nitrogen and oxygen atoms in total. The summed E-state index contributed by atoms with van der Waals surface area (Å²) in [6, 6.07) is 5.53. The molecule has 0 aromatic heterocycles. The summed E-state index contributed by atoms with van der Waals surface area (Å²) in [5.41, 5.74) is -0.0560. The molecule has 0 heterocycles. The van der Waals surface area contributed by atoms with E-state index < -0.39 is 11.7 Å². The van der Waals surface area contributed by atoms with Crippen molar-refractivity contribution < 1.29 is 18.0 Å². The van der Waals surface area contributed by atoms with E-state index in [4.69, 9.17) is 0 Å². The molecule has 1 fully saturated rings. The summed E-state index contributed by atoms with van der Waals surface area (Å²) in [6.07, 6.45) is 0.0548. The van der Waals surface area contributed by atoms with E-state index in [0.29, 0.717) is 11.3 Å². The Morgan fingerprint density at radius 3 is 2.67 bits per heavy atom. The first-order valence-corrected chi connectivity index (χ1v) is 8.14. The first-order valence-electron chi connectivity index (χ1n) is 6.98. The van der Waals surface area contributed by atoms with Gasteiger partial charge in [0.25, 0.3) is 0 Å². The Balaban J connectivity index is 1.76. The Bertz CT molecular complexity index is 484. The molecule has 116 valence electrons. The van der Waals surface area contributed by atoms with E-state index in [9.17, 15) is 18.0 Å². The van der Waals surface area contributed by atoms with Crippen molar-refractivity contribution in [3.8, 4) is 0 Å². The predicted molar refractivity (Wildman–Crippen MR) is 78.0 cm³/mol. The molecule has 21 heavy (non-hydrogen) atoms. The highest BCUT2D eigenvalue weighted by Gasteiger charge is 2.30. The Morgan fingerprint density at radius 1 is 1.29 bits per heavy atom. The highest BCUT2D eigenvalue weighted by molar-refractivity contribution is 7.99. The smallest absolute Gasteiger partial charge is 0.353 e. The number of hydrogen-bond donors (Lipinski definition) is 1. The summed E-state index contributed by atoms with van der Waals surface area (Å²) in [6.45, 7) is 0. The summed E-state index contributed by atoms with van der Waals surface area (Å²) < 4.78 is 37.7. The van der Waals surface area contributed by atoms with Crippen LogP contribution in [0.4, 0.5) is 13.2 Å². The highest BCUT2D eigenvalue weighted by atomic mass is 32.2. The summed E-state index contributed by atoms with van der Waals surface area (Å²) in [7, 11) is 0. The fourth-order valence-corrected chi connectivity index (χ4v) is 3.22. The fraction of sp³-hybridized carbons (Fsp3) is 0.533. The first kappa shape index (κ1) is 16.2. The molecule has 0 atom stereocenters. The van der Waals surface area contributed by atoms with Crippen molar-refractivity contribution in [2.75, 3.05) is 5.75 Å². The van der Waals surface area contributed by atoms with E-state index in [0.717, 1.165) is 37.8 Å². The molecular formula is C15H18F3NOS. The molecule has 0 saturated heterocycles. The third-order valence-corrected chi connectivity index (χ3v) is 4.48. The minimum Gasteiger partial charge on any atom is -0.353 e. The summed E-state index contributed by atoms with van der Waals surface area (Å²) in [5.74, 6) is 0.660. The quantitative estimate of drug-likeness (QED) is 0.889. The van der Waals surface area contributed by atoms with E-state index in [1.165, 1.54) is 17.8 Å². The number of nitrogens with one attached hydrogen (secondary N) is 1. The van der Waals surface area contributed by atoms with Gasteiger partial charge in [0.15, 0.2) is 0 Å². The van der Waals surface area contributed by atoms with Gasteiger partial charge in [-0.1, -0.05) is 31.0 Å². The maximum atomic E-state index is 12.6. The van der Waals surface area contributed by atoms with Crippen LogP contribution in [0.2, 0.25) is 0 Å². The molecule has 0 radical (unpaired) electrons. The number of thioether (sulfide) groups is 1. The van der Waals surface area contributed by atoms with Crippen molar-refractivity contribution in [1.29, 1.82) is 0 Å². The van der Waals surface area contributed by atoms with Gasteiger partial charge in [-0.15, -0.1) is 11.8 Å². The van der Waals surface area contributed by atoms with Crippen LogP contribution in [0.15, 0.2) is 24.3 Å². The standard InChI is InChI=1S/C15H18F3NOS/c16-15(17,18)12-5-3-4-11(8-12)9-21-10-14(20)19-13-6-1-2-7-13/h3-5,8,13H,1-2,6-7,9-10H2,(H,19,20). The SMILES string of the molecule is O=C(CSCc1cccc(C(F)(F)F)c1)NC1CCCC1. The number of alkyl halides is 3. The minimum atomic E-state index is -4.32. The van der Waals surface area contributed by atoms with Crippen molar-refractivity contribution in [3.05, 3.63) is 35.4 Å². The van der Waals surface area contributed by atoms with Gasteiger partial charge in [0.05, 0.1) is 11.3 Å². The molecule has 2 rings (SSSR count). The van der Waals surface area contributed by atoms with Crippen molar-refractivity contribution in [3.63, 3.8) is 0 Å². The van der Waals surface area contributed by atoms with Crippen LogP contribution in [0.1, 0.15) is 36.8 Å². The topological polar surface area (TPSA) is 29.1 Å². The van der Waals surface area contributed by atoms with Crippen LogP contribution in [0.3, 0.4) is 0 Å². The van der Waals surface area contributed by atoms with Gasteiger partial charge in [-0.05, 0) is 24.5 Å². The van der Waals surface area contributed by atoms with Gasteiger partial charge in [-0.3, -0.25) is 4.79 Å². The van der Waals surface area contributed by atoms with E-state index in [1.54, 1.807) is 6.07 Å². The second kappa shape index (κ2) is 7.20. The van der Waals surface area contributed by atoms with E-state index in [-0.39, 0.29) is 17.7 Å². The van der Waals surface area contributed by atoms with Gasteiger partial charge >= 0.3 is 6.18 Å². The molecule has 1 amide bonds. The van der Waals surface area contributed by atoms with E-state index >= 15 is 0 Å². The number of rotatable bonds is 5.